The number of carbonyl (C=O) groups excluding carboxylic acids is 1. The van der Waals surface area contributed by atoms with Crippen LogP contribution in [0.5, 0.6) is 0 Å². The maximum Gasteiger partial charge on any atom is 0.246 e. The van der Waals surface area contributed by atoms with Gasteiger partial charge in [0, 0.05) is 13.0 Å². The maximum atomic E-state index is 12.7. The number of hydrogen-bond donors (Lipinski definition) is 1. The first-order chi connectivity index (χ1) is 7.54. The van der Waals surface area contributed by atoms with Gasteiger partial charge in [-0.05, 0) is 30.5 Å². The molecule has 1 aromatic rings. The van der Waals surface area contributed by atoms with Gasteiger partial charge in [-0.1, -0.05) is 19.1 Å². The Bertz CT molecular complexity index is 351. The molecule has 0 spiro atoms. The SMILES string of the molecule is CCN(O)C(=O)CC(C)c1ccc(F)cc1. The molecule has 0 radical (unpaired) electrons. The Morgan fingerprint density at radius 2 is 2.00 bits per heavy atom. The summed E-state index contributed by atoms with van der Waals surface area (Å²) < 4.78 is 12.7. The third kappa shape index (κ3) is 3.31. The quantitative estimate of drug-likeness (QED) is 0.632. The molecule has 0 saturated carbocycles. The van der Waals surface area contributed by atoms with E-state index >= 15 is 0 Å². The van der Waals surface area contributed by atoms with Crippen molar-refractivity contribution < 1.29 is 14.4 Å². The van der Waals surface area contributed by atoms with Crippen molar-refractivity contribution in [3.8, 4) is 0 Å². The molecule has 0 aliphatic carbocycles. The maximum absolute atomic E-state index is 12.7. The van der Waals surface area contributed by atoms with Crippen LogP contribution in [0.3, 0.4) is 0 Å². The van der Waals surface area contributed by atoms with Crippen molar-refractivity contribution in [2.45, 2.75) is 26.2 Å². The monoisotopic (exact) mass is 225 g/mol. The third-order valence-electron chi connectivity index (χ3n) is 2.51. The van der Waals surface area contributed by atoms with E-state index in [4.69, 9.17) is 0 Å². The number of nitrogens with zero attached hydrogens (tertiary/aromatic N) is 1. The Hall–Kier alpha value is -1.42. The molecular formula is C12H16FNO2. The lowest BCUT2D eigenvalue weighted by Gasteiger charge is -2.16. The lowest BCUT2D eigenvalue weighted by atomic mass is 9.97. The fourth-order valence-corrected chi connectivity index (χ4v) is 1.45. The molecule has 1 rings (SSSR count). The van der Waals surface area contributed by atoms with E-state index in [1.54, 1.807) is 19.1 Å². The minimum Gasteiger partial charge on any atom is -0.286 e. The summed E-state index contributed by atoms with van der Waals surface area (Å²) in [5.41, 5.74) is 0.888. The zero-order valence-electron chi connectivity index (χ0n) is 9.48. The molecule has 0 heterocycles. The highest BCUT2D eigenvalue weighted by Crippen LogP contribution is 2.19. The minimum absolute atomic E-state index is 0.0331. The Kier molecular flexibility index (Phi) is 4.43. The summed E-state index contributed by atoms with van der Waals surface area (Å²) in [4.78, 5) is 11.4. The summed E-state index contributed by atoms with van der Waals surface area (Å²) >= 11 is 0. The van der Waals surface area contributed by atoms with E-state index in [0.717, 1.165) is 5.56 Å². The topological polar surface area (TPSA) is 40.5 Å². The molecule has 0 fully saturated rings. The second-order valence-corrected chi connectivity index (χ2v) is 3.77. The number of hydrogen-bond acceptors (Lipinski definition) is 2. The van der Waals surface area contributed by atoms with Crippen LogP contribution in [0, 0.1) is 5.82 Å². The Balaban J connectivity index is 2.62. The fraction of sp³-hybridized carbons (Fsp3) is 0.417. The molecule has 88 valence electrons. The molecule has 1 aromatic carbocycles. The van der Waals surface area contributed by atoms with Crippen molar-refractivity contribution in [2.75, 3.05) is 6.54 Å². The van der Waals surface area contributed by atoms with Gasteiger partial charge in [-0.3, -0.25) is 10.0 Å². The van der Waals surface area contributed by atoms with Crippen LogP contribution in [0.4, 0.5) is 4.39 Å². The van der Waals surface area contributed by atoms with E-state index in [2.05, 4.69) is 0 Å². The lowest BCUT2D eigenvalue weighted by Crippen LogP contribution is -2.27. The van der Waals surface area contributed by atoms with E-state index in [9.17, 15) is 14.4 Å². The number of hydroxylamine groups is 2. The van der Waals surface area contributed by atoms with Crippen LogP contribution in [0.15, 0.2) is 24.3 Å². The molecule has 0 saturated heterocycles. The van der Waals surface area contributed by atoms with E-state index in [-0.39, 0.29) is 30.6 Å². The number of benzene rings is 1. The van der Waals surface area contributed by atoms with Crippen LogP contribution >= 0.6 is 0 Å². The summed E-state index contributed by atoms with van der Waals surface area (Å²) in [6.07, 6.45) is 0.218. The standard InChI is InChI=1S/C12H16FNO2/c1-3-14(16)12(15)8-9(2)10-4-6-11(13)7-5-10/h4-7,9,16H,3,8H2,1-2H3. The number of rotatable bonds is 4. The predicted octanol–water partition coefficient (Wildman–Crippen LogP) is 2.56. The largest absolute Gasteiger partial charge is 0.286 e. The molecule has 1 unspecified atom stereocenters. The van der Waals surface area contributed by atoms with E-state index in [1.165, 1.54) is 12.1 Å². The first kappa shape index (κ1) is 12.6. The Labute approximate surface area is 94.5 Å². The molecule has 0 aromatic heterocycles. The van der Waals surface area contributed by atoms with Crippen molar-refractivity contribution in [1.29, 1.82) is 0 Å². The zero-order chi connectivity index (χ0) is 12.1. The van der Waals surface area contributed by atoms with E-state index in [1.807, 2.05) is 6.92 Å². The summed E-state index contributed by atoms with van der Waals surface area (Å²) in [5, 5.41) is 9.88. The van der Waals surface area contributed by atoms with Crippen LogP contribution in [0.1, 0.15) is 31.7 Å². The van der Waals surface area contributed by atoms with Gasteiger partial charge in [-0.2, -0.15) is 0 Å². The third-order valence-corrected chi connectivity index (χ3v) is 2.51. The normalized spacial score (nSPS) is 12.2. The van der Waals surface area contributed by atoms with Crippen molar-refractivity contribution in [3.63, 3.8) is 0 Å². The van der Waals surface area contributed by atoms with Crippen molar-refractivity contribution >= 4 is 5.91 Å². The average molecular weight is 225 g/mol. The molecule has 0 aliphatic rings. The zero-order valence-corrected chi connectivity index (χ0v) is 9.48. The molecule has 4 heteroatoms. The van der Waals surface area contributed by atoms with E-state index in [0.29, 0.717) is 5.06 Å². The van der Waals surface area contributed by atoms with Gasteiger partial charge in [0.05, 0.1) is 0 Å². The number of amides is 1. The van der Waals surface area contributed by atoms with Gasteiger partial charge >= 0.3 is 0 Å². The van der Waals surface area contributed by atoms with Gasteiger partial charge in [0.2, 0.25) is 5.91 Å². The van der Waals surface area contributed by atoms with Crippen LogP contribution in [0.2, 0.25) is 0 Å². The molecule has 16 heavy (non-hydrogen) atoms. The van der Waals surface area contributed by atoms with Gasteiger partial charge < -0.3 is 0 Å². The summed E-state index contributed by atoms with van der Waals surface area (Å²) in [6.45, 7) is 3.84. The lowest BCUT2D eigenvalue weighted by molar-refractivity contribution is -0.164. The predicted molar refractivity (Wildman–Crippen MR) is 58.6 cm³/mol. The summed E-state index contributed by atoms with van der Waals surface area (Å²) in [6, 6.07) is 6.04. The number of carbonyl (C=O) groups is 1. The van der Waals surface area contributed by atoms with Gasteiger partial charge in [0.15, 0.2) is 0 Å². The second kappa shape index (κ2) is 5.61. The Morgan fingerprint density at radius 3 is 2.50 bits per heavy atom. The van der Waals surface area contributed by atoms with Gasteiger partial charge in [-0.15, -0.1) is 0 Å². The van der Waals surface area contributed by atoms with Gasteiger partial charge in [-0.25, -0.2) is 9.45 Å². The highest BCUT2D eigenvalue weighted by atomic mass is 19.1. The van der Waals surface area contributed by atoms with Crippen LogP contribution in [-0.2, 0) is 4.79 Å². The van der Waals surface area contributed by atoms with Crippen LogP contribution < -0.4 is 0 Å². The van der Waals surface area contributed by atoms with Crippen LogP contribution in [0.25, 0.3) is 0 Å². The molecule has 3 nitrogen and oxygen atoms in total. The van der Waals surface area contributed by atoms with Crippen molar-refractivity contribution in [1.82, 2.24) is 5.06 Å². The van der Waals surface area contributed by atoms with Crippen molar-refractivity contribution in [2.24, 2.45) is 0 Å². The van der Waals surface area contributed by atoms with Crippen LogP contribution in [-0.4, -0.2) is 22.7 Å². The van der Waals surface area contributed by atoms with Gasteiger partial charge in [0.25, 0.3) is 0 Å². The highest BCUT2D eigenvalue weighted by molar-refractivity contribution is 5.75. The molecule has 0 aliphatic heterocycles. The number of halogens is 1. The second-order valence-electron chi connectivity index (χ2n) is 3.77. The van der Waals surface area contributed by atoms with Gasteiger partial charge in [0.1, 0.15) is 5.82 Å². The average Bonchev–Trinajstić information content (AvgIpc) is 2.28. The summed E-state index contributed by atoms with van der Waals surface area (Å²) in [7, 11) is 0. The van der Waals surface area contributed by atoms with E-state index < -0.39 is 0 Å². The smallest absolute Gasteiger partial charge is 0.246 e. The molecule has 1 atom stereocenters. The first-order valence-electron chi connectivity index (χ1n) is 5.29. The minimum atomic E-state index is -0.320. The van der Waals surface area contributed by atoms with Crippen molar-refractivity contribution in [3.05, 3.63) is 35.6 Å². The fourth-order valence-electron chi connectivity index (χ4n) is 1.45. The molecule has 1 N–H and O–H groups in total. The molecule has 0 bridgehead atoms. The Morgan fingerprint density at radius 1 is 1.44 bits per heavy atom. The first-order valence-corrected chi connectivity index (χ1v) is 5.29. The summed E-state index contributed by atoms with van der Waals surface area (Å²) in [5.74, 6) is -0.645. The molecular weight excluding hydrogens is 209 g/mol. The highest BCUT2D eigenvalue weighted by Gasteiger charge is 2.14. The molecule has 1 amide bonds.